The molecule has 0 aromatic carbocycles. The van der Waals surface area contributed by atoms with Crippen molar-refractivity contribution in [2.24, 2.45) is 7.05 Å². The van der Waals surface area contributed by atoms with Gasteiger partial charge in [-0.15, -0.1) is 11.3 Å². The van der Waals surface area contributed by atoms with Gasteiger partial charge in [-0.3, -0.25) is 4.68 Å². The van der Waals surface area contributed by atoms with Gasteiger partial charge in [-0.25, -0.2) is 0 Å². The summed E-state index contributed by atoms with van der Waals surface area (Å²) in [7, 11) is 3.96. The first kappa shape index (κ1) is 12.8. The van der Waals surface area contributed by atoms with Gasteiger partial charge in [-0.1, -0.05) is 0 Å². The molecule has 2 heterocycles. The van der Waals surface area contributed by atoms with Gasteiger partial charge in [-0.2, -0.15) is 5.10 Å². The molecule has 0 spiro atoms. The Hall–Kier alpha value is -0.650. The molecule has 92 valence electrons. The van der Waals surface area contributed by atoms with Gasteiger partial charge in [0, 0.05) is 36.1 Å². The van der Waals surface area contributed by atoms with Crippen molar-refractivity contribution in [3.63, 3.8) is 0 Å². The molecule has 3 nitrogen and oxygen atoms in total. The lowest BCUT2D eigenvalue weighted by atomic mass is 10.0. The van der Waals surface area contributed by atoms with Crippen LogP contribution in [0, 0.1) is 6.92 Å². The van der Waals surface area contributed by atoms with Crippen molar-refractivity contribution in [2.75, 3.05) is 7.05 Å². The SMILES string of the molecule is CNC(Cc1ccc(Br)s1)c1cn(C)nc1C. The lowest BCUT2D eigenvalue weighted by molar-refractivity contribution is 0.593. The van der Waals surface area contributed by atoms with Crippen molar-refractivity contribution in [3.05, 3.63) is 38.3 Å². The molecule has 0 bridgehead atoms. The van der Waals surface area contributed by atoms with Crippen LogP contribution in [0.3, 0.4) is 0 Å². The van der Waals surface area contributed by atoms with Gasteiger partial charge in [0.25, 0.3) is 0 Å². The number of nitrogens with one attached hydrogen (secondary N) is 1. The van der Waals surface area contributed by atoms with E-state index >= 15 is 0 Å². The number of thiophene rings is 1. The van der Waals surface area contributed by atoms with E-state index in [1.807, 2.05) is 18.8 Å². The molecule has 0 amide bonds. The molecule has 5 heteroatoms. The Kier molecular flexibility index (Phi) is 4.01. The van der Waals surface area contributed by atoms with Crippen LogP contribution in [-0.4, -0.2) is 16.8 Å². The maximum absolute atomic E-state index is 4.40. The molecule has 17 heavy (non-hydrogen) atoms. The number of nitrogens with zero attached hydrogens (tertiary/aromatic N) is 2. The molecule has 0 fully saturated rings. The van der Waals surface area contributed by atoms with Crippen molar-refractivity contribution < 1.29 is 0 Å². The topological polar surface area (TPSA) is 29.9 Å². The Bertz CT molecular complexity index is 504. The second-order valence-electron chi connectivity index (χ2n) is 4.09. The summed E-state index contributed by atoms with van der Waals surface area (Å²) < 4.78 is 3.06. The third-order valence-electron chi connectivity index (χ3n) is 2.81. The fourth-order valence-electron chi connectivity index (χ4n) is 1.99. The summed E-state index contributed by atoms with van der Waals surface area (Å²) in [6.07, 6.45) is 3.10. The summed E-state index contributed by atoms with van der Waals surface area (Å²) >= 11 is 5.29. The summed E-state index contributed by atoms with van der Waals surface area (Å²) in [5, 5.41) is 7.77. The third-order valence-corrected chi connectivity index (χ3v) is 4.46. The van der Waals surface area contributed by atoms with Crippen LogP contribution in [0.2, 0.25) is 0 Å². The van der Waals surface area contributed by atoms with E-state index in [2.05, 4.69) is 51.6 Å². The highest BCUT2D eigenvalue weighted by molar-refractivity contribution is 9.11. The highest BCUT2D eigenvalue weighted by Gasteiger charge is 2.16. The van der Waals surface area contributed by atoms with Crippen molar-refractivity contribution >= 4 is 27.3 Å². The summed E-state index contributed by atoms with van der Waals surface area (Å²) in [4.78, 5) is 1.37. The van der Waals surface area contributed by atoms with Crippen LogP contribution in [0.5, 0.6) is 0 Å². The van der Waals surface area contributed by atoms with Gasteiger partial charge < -0.3 is 5.32 Å². The summed E-state index contributed by atoms with van der Waals surface area (Å²) in [5.41, 5.74) is 2.38. The fourth-order valence-corrected chi connectivity index (χ4v) is 3.52. The van der Waals surface area contributed by atoms with Gasteiger partial charge in [0.1, 0.15) is 0 Å². The predicted octanol–water partition coefficient (Wildman–Crippen LogP) is 3.06. The number of hydrogen-bond acceptors (Lipinski definition) is 3. The zero-order valence-corrected chi connectivity index (χ0v) is 12.6. The van der Waals surface area contributed by atoms with E-state index in [4.69, 9.17) is 0 Å². The Labute approximate surface area is 114 Å². The van der Waals surface area contributed by atoms with Crippen LogP contribution < -0.4 is 5.32 Å². The molecule has 2 aromatic rings. The number of likely N-dealkylation sites (N-methyl/N-ethyl adjacent to an activating group) is 1. The second-order valence-corrected chi connectivity index (χ2v) is 6.64. The molecule has 2 rings (SSSR count). The number of aromatic nitrogens is 2. The first-order valence-corrected chi connectivity index (χ1v) is 7.12. The highest BCUT2D eigenvalue weighted by Crippen LogP contribution is 2.27. The van der Waals surface area contributed by atoms with E-state index < -0.39 is 0 Å². The zero-order valence-electron chi connectivity index (χ0n) is 10.2. The fraction of sp³-hybridized carbons (Fsp3) is 0.417. The smallest absolute Gasteiger partial charge is 0.0701 e. The average molecular weight is 314 g/mol. The van der Waals surface area contributed by atoms with E-state index in [0.29, 0.717) is 6.04 Å². The third kappa shape index (κ3) is 2.97. The quantitative estimate of drug-likeness (QED) is 0.940. The van der Waals surface area contributed by atoms with Gasteiger partial charge in [0.15, 0.2) is 0 Å². The molecule has 0 saturated heterocycles. The predicted molar refractivity (Wildman–Crippen MR) is 75.5 cm³/mol. The highest BCUT2D eigenvalue weighted by atomic mass is 79.9. The Morgan fingerprint density at radius 1 is 1.53 bits per heavy atom. The molecule has 0 aliphatic carbocycles. The Morgan fingerprint density at radius 3 is 2.76 bits per heavy atom. The summed E-state index contributed by atoms with van der Waals surface area (Å²) in [6.45, 7) is 2.06. The van der Waals surface area contributed by atoms with E-state index in [9.17, 15) is 0 Å². The van der Waals surface area contributed by atoms with Crippen LogP contribution in [0.4, 0.5) is 0 Å². The van der Waals surface area contributed by atoms with Crippen molar-refractivity contribution in [3.8, 4) is 0 Å². The zero-order chi connectivity index (χ0) is 12.4. The van der Waals surface area contributed by atoms with Crippen LogP contribution in [-0.2, 0) is 13.5 Å². The molecule has 1 unspecified atom stereocenters. The maximum atomic E-state index is 4.40. The molecule has 0 saturated carbocycles. The molecule has 0 aliphatic heterocycles. The maximum Gasteiger partial charge on any atom is 0.0701 e. The van der Waals surface area contributed by atoms with Crippen LogP contribution in [0.1, 0.15) is 22.2 Å². The van der Waals surface area contributed by atoms with Gasteiger partial charge >= 0.3 is 0 Å². The minimum Gasteiger partial charge on any atom is -0.313 e. The van der Waals surface area contributed by atoms with Gasteiger partial charge in [0.05, 0.1) is 9.48 Å². The minimum absolute atomic E-state index is 0.328. The number of aryl methyl sites for hydroxylation is 2. The number of rotatable bonds is 4. The first-order chi connectivity index (χ1) is 8.10. The Morgan fingerprint density at radius 2 is 2.29 bits per heavy atom. The minimum atomic E-state index is 0.328. The second kappa shape index (κ2) is 5.33. The van der Waals surface area contributed by atoms with E-state index in [-0.39, 0.29) is 0 Å². The summed E-state index contributed by atoms with van der Waals surface area (Å²) in [6, 6.07) is 4.60. The van der Waals surface area contributed by atoms with Crippen molar-refractivity contribution in [1.82, 2.24) is 15.1 Å². The molecule has 0 aliphatic rings. The molecular weight excluding hydrogens is 298 g/mol. The monoisotopic (exact) mass is 313 g/mol. The molecule has 1 atom stereocenters. The van der Waals surface area contributed by atoms with Crippen LogP contribution in [0.15, 0.2) is 22.1 Å². The summed E-state index contributed by atoms with van der Waals surface area (Å²) in [5.74, 6) is 0. The molecule has 0 radical (unpaired) electrons. The van der Waals surface area contributed by atoms with Crippen molar-refractivity contribution in [1.29, 1.82) is 0 Å². The van der Waals surface area contributed by atoms with Crippen LogP contribution in [0.25, 0.3) is 0 Å². The molecule has 2 aromatic heterocycles. The lowest BCUT2D eigenvalue weighted by Crippen LogP contribution is -2.18. The van der Waals surface area contributed by atoms with E-state index in [1.54, 1.807) is 11.3 Å². The number of halogens is 1. The molecular formula is C12H16BrN3S. The average Bonchev–Trinajstić information content (AvgIpc) is 2.82. The van der Waals surface area contributed by atoms with E-state index in [0.717, 1.165) is 12.1 Å². The van der Waals surface area contributed by atoms with Crippen LogP contribution >= 0.6 is 27.3 Å². The first-order valence-electron chi connectivity index (χ1n) is 5.51. The van der Waals surface area contributed by atoms with E-state index in [1.165, 1.54) is 14.2 Å². The van der Waals surface area contributed by atoms with Crippen molar-refractivity contribution in [2.45, 2.75) is 19.4 Å². The largest absolute Gasteiger partial charge is 0.313 e. The number of hydrogen-bond donors (Lipinski definition) is 1. The van der Waals surface area contributed by atoms with Gasteiger partial charge in [-0.05, 0) is 42.0 Å². The standard InChI is InChI=1S/C12H16BrN3S/c1-8-10(7-16(3)15-8)11(14-2)6-9-4-5-12(13)17-9/h4-5,7,11,14H,6H2,1-3H3. The normalized spacial score (nSPS) is 12.9. The lowest BCUT2D eigenvalue weighted by Gasteiger charge is -2.14. The van der Waals surface area contributed by atoms with Gasteiger partial charge in [0.2, 0.25) is 0 Å². The molecule has 1 N–H and O–H groups in total. The Balaban J connectivity index is 2.19.